The Labute approximate surface area is 174 Å². The third-order valence-electron chi connectivity index (χ3n) is 6.19. The molecular weight excluding hydrogens is 378 g/mol. The number of piperidine rings is 1. The first-order valence-electron chi connectivity index (χ1n) is 10.4. The van der Waals surface area contributed by atoms with Gasteiger partial charge >= 0.3 is 0 Å². The standard InChI is InChI=1S/C22H25N7O/c1-14(30)28-9-5-15(6-10-28)7-11-29-22-19(21(23)25-13-26-22)20(27-29)17-2-3-18-16(12-17)4-8-24-18/h2-4,8,12-13,15,24H,5-7,9-11H2,1H3,(H2,23,25,26). The topological polar surface area (TPSA) is 106 Å². The third kappa shape index (κ3) is 3.28. The molecule has 0 bridgehead atoms. The first-order chi connectivity index (χ1) is 14.6. The summed E-state index contributed by atoms with van der Waals surface area (Å²) in [5.74, 6) is 1.20. The number of carbonyl (C=O) groups is 1. The van der Waals surface area contributed by atoms with Crippen LogP contribution in [0.15, 0.2) is 36.8 Å². The van der Waals surface area contributed by atoms with E-state index in [4.69, 9.17) is 10.8 Å². The van der Waals surface area contributed by atoms with E-state index in [1.165, 1.54) is 6.33 Å². The van der Waals surface area contributed by atoms with Crippen LogP contribution in [0.4, 0.5) is 5.82 Å². The molecule has 1 saturated heterocycles. The number of aryl methyl sites for hydroxylation is 1. The molecule has 1 aliphatic rings. The fourth-order valence-electron chi connectivity index (χ4n) is 4.43. The van der Waals surface area contributed by atoms with Crippen molar-refractivity contribution in [3.63, 3.8) is 0 Å². The van der Waals surface area contributed by atoms with Crippen LogP contribution in [0.2, 0.25) is 0 Å². The molecule has 0 spiro atoms. The molecule has 1 aliphatic heterocycles. The fraction of sp³-hybridized carbons (Fsp3) is 0.364. The van der Waals surface area contributed by atoms with Crippen molar-refractivity contribution in [2.75, 3.05) is 18.8 Å². The zero-order chi connectivity index (χ0) is 20.7. The van der Waals surface area contributed by atoms with Crippen molar-refractivity contribution in [2.45, 2.75) is 32.7 Å². The van der Waals surface area contributed by atoms with Crippen LogP contribution in [0.3, 0.4) is 0 Å². The molecule has 1 fully saturated rings. The lowest BCUT2D eigenvalue weighted by molar-refractivity contribution is -0.130. The number of nitrogens with one attached hydrogen (secondary N) is 1. The van der Waals surface area contributed by atoms with Gasteiger partial charge in [0.2, 0.25) is 5.91 Å². The lowest BCUT2D eigenvalue weighted by atomic mass is 9.93. The quantitative estimate of drug-likeness (QED) is 0.544. The second-order valence-electron chi connectivity index (χ2n) is 8.05. The summed E-state index contributed by atoms with van der Waals surface area (Å²) in [6.07, 6.45) is 6.50. The van der Waals surface area contributed by atoms with Gasteiger partial charge in [-0.3, -0.25) is 4.79 Å². The summed E-state index contributed by atoms with van der Waals surface area (Å²) in [6, 6.07) is 8.26. The molecule has 8 nitrogen and oxygen atoms in total. The van der Waals surface area contributed by atoms with E-state index in [1.807, 2.05) is 21.8 Å². The highest BCUT2D eigenvalue weighted by molar-refractivity contribution is 5.99. The smallest absolute Gasteiger partial charge is 0.219 e. The van der Waals surface area contributed by atoms with Crippen molar-refractivity contribution < 1.29 is 4.79 Å². The highest BCUT2D eigenvalue weighted by Gasteiger charge is 2.22. The molecule has 8 heteroatoms. The maximum Gasteiger partial charge on any atom is 0.219 e. The maximum atomic E-state index is 11.5. The largest absolute Gasteiger partial charge is 0.383 e. The van der Waals surface area contributed by atoms with Crippen molar-refractivity contribution in [3.05, 3.63) is 36.8 Å². The number of rotatable bonds is 4. The number of benzene rings is 1. The number of likely N-dealkylation sites (tertiary alicyclic amines) is 1. The Morgan fingerprint density at radius 2 is 2.07 bits per heavy atom. The van der Waals surface area contributed by atoms with E-state index in [2.05, 4.69) is 33.2 Å². The maximum absolute atomic E-state index is 11.5. The van der Waals surface area contributed by atoms with Crippen LogP contribution in [0, 0.1) is 5.92 Å². The third-order valence-corrected chi connectivity index (χ3v) is 6.19. The fourth-order valence-corrected chi connectivity index (χ4v) is 4.43. The highest BCUT2D eigenvalue weighted by Crippen LogP contribution is 2.32. The Hall–Kier alpha value is -3.42. The van der Waals surface area contributed by atoms with Crippen molar-refractivity contribution >= 4 is 33.7 Å². The molecule has 0 aliphatic carbocycles. The number of fused-ring (bicyclic) bond motifs is 2. The van der Waals surface area contributed by atoms with E-state index in [0.717, 1.165) is 72.1 Å². The zero-order valence-corrected chi connectivity index (χ0v) is 17.0. The Bertz CT molecular complexity index is 1220. The first kappa shape index (κ1) is 18.6. The molecule has 0 radical (unpaired) electrons. The number of hydrogen-bond donors (Lipinski definition) is 2. The van der Waals surface area contributed by atoms with Crippen LogP contribution in [0.1, 0.15) is 26.2 Å². The minimum Gasteiger partial charge on any atom is -0.383 e. The van der Waals surface area contributed by atoms with Gasteiger partial charge in [-0.05, 0) is 43.4 Å². The molecule has 0 atom stereocenters. The van der Waals surface area contributed by atoms with E-state index in [9.17, 15) is 4.79 Å². The van der Waals surface area contributed by atoms with E-state index < -0.39 is 0 Å². The van der Waals surface area contributed by atoms with Gasteiger partial charge in [0.25, 0.3) is 0 Å². The van der Waals surface area contributed by atoms with Gasteiger partial charge < -0.3 is 15.6 Å². The average Bonchev–Trinajstić information content (AvgIpc) is 3.37. The summed E-state index contributed by atoms with van der Waals surface area (Å²) in [6.45, 7) is 4.10. The number of carbonyl (C=O) groups excluding carboxylic acids is 1. The van der Waals surface area contributed by atoms with Gasteiger partial charge in [-0.15, -0.1) is 0 Å². The Morgan fingerprint density at radius 1 is 1.23 bits per heavy atom. The molecule has 4 aromatic rings. The molecule has 0 unspecified atom stereocenters. The number of anilines is 1. The minimum atomic E-state index is 0.169. The van der Waals surface area contributed by atoms with Gasteiger partial charge in [-0.1, -0.05) is 6.07 Å². The van der Waals surface area contributed by atoms with Crippen LogP contribution in [-0.4, -0.2) is 48.6 Å². The number of aromatic amines is 1. The minimum absolute atomic E-state index is 0.169. The van der Waals surface area contributed by atoms with Gasteiger partial charge in [0, 0.05) is 49.2 Å². The van der Waals surface area contributed by atoms with Crippen molar-refractivity contribution in [1.82, 2.24) is 29.6 Å². The van der Waals surface area contributed by atoms with E-state index in [0.29, 0.717) is 11.7 Å². The number of nitrogen functional groups attached to an aromatic ring is 1. The van der Waals surface area contributed by atoms with Crippen molar-refractivity contribution in [2.24, 2.45) is 5.92 Å². The second-order valence-corrected chi connectivity index (χ2v) is 8.05. The molecular formula is C22H25N7O. The average molecular weight is 403 g/mol. The van der Waals surface area contributed by atoms with Crippen molar-refractivity contribution in [3.8, 4) is 11.3 Å². The van der Waals surface area contributed by atoms with Crippen LogP contribution >= 0.6 is 0 Å². The molecule has 30 heavy (non-hydrogen) atoms. The van der Waals surface area contributed by atoms with Crippen LogP contribution in [0.5, 0.6) is 0 Å². The summed E-state index contributed by atoms with van der Waals surface area (Å²) in [5, 5.41) is 6.83. The number of nitrogens with zero attached hydrogens (tertiary/aromatic N) is 5. The van der Waals surface area contributed by atoms with E-state index >= 15 is 0 Å². The van der Waals surface area contributed by atoms with Crippen LogP contribution < -0.4 is 5.73 Å². The van der Waals surface area contributed by atoms with Crippen molar-refractivity contribution in [1.29, 1.82) is 0 Å². The van der Waals surface area contributed by atoms with Crippen LogP contribution in [0.25, 0.3) is 33.2 Å². The Morgan fingerprint density at radius 3 is 2.87 bits per heavy atom. The summed E-state index contributed by atoms with van der Waals surface area (Å²) in [5.41, 5.74) is 9.91. The molecule has 4 heterocycles. The molecule has 0 saturated carbocycles. The van der Waals surface area contributed by atoms with Gasteiger partial charge in [0.15, 0.2) is 5.65 Å². The van der Waals surface area contributed by atoms with E-state index in [-0.39, 0.29) is 5.91 Å². The van der Waals surface area contributed by atoms with Gasteiger partial charge in [-0.2, -0.15) is 5.10 Å². The molecule has 3 aromatic heterocycles. The predicted molar refractivity (Wildman–Crippen MR) is 117 cm³/mol. The zero-order valence-electron chi connectivity index (χ0n) is 17.0. The second kappa shape index (κ2) is 7.44. The predicted octanol–water partition coefficient (Wildman–Crippen LogP) is 3.21. The summed E-state index contributed by atoms with van der Waals surface area (Å²) in [4.78, 5) is 25.4. The monoisotopic (exact) mass is 403 g/mol. The number of amides is 1. The SMILES string of the molecule is CC(=O)N1CCC(CCn2nc(-c3ccc4[nH]ccc4c3)c3c(N)ncnc32)CC1. The van der Waals surface area contributed by atoms with Gasteiger partial charge in [0.05, 0.1) is 5.39 Å². The molecule has 3 N–H and O–H groups in total. The Kier molecular flexibility index (Phi) is 4.61. The number of nitrogens with two attached hydrogens (primary N) is 1. The van der Waals surface area contributed by atoms with Gasteiger partial charge in [-0.25, -0.2) is 14.6 Å². The summed E-state index contributed by atoms with van der Waals surface area (Å²) in [7, 11) is 0. The molecule has 1 amide bonds. The van der Waals surface area contributed by atoms with Crippen LogP contribution in [-0.2, 0) is 11.3 Å². The number of aromatic nitrogens is 5. The molecule has 5 rings (SSSR count). The normalized spacial score (nSPS) is 15.3. The first-order valence-corrected chi connectivity index (χ1v) is 10.4. The number of H-pyrrole nitrogens is 1. The van der Waals surface area contributed by atoms with Gasteiger partial charge in [0.1, 0.15) is 17.8 Å². The lowest BCUT2D eigenvalue weighted by Gasteiger charge is -2.31. The molecule has 1 aromatic carbocycles. The summed E-state index contributed by atoms with van der Waals surface area (Å²) >= 11 is 0. The molecule has 154 valence electrons. The Balaban J connectivity index is 1.43. The van der Waals surface area contributed by atoms with E-state index in [1.54, 1.807) is 6.92 Å². The lowest BCUT2D eigenvalue weighted by Crippen LogP contribution is -2.37. The summed E-state index contributed by atoms with van der Waals surface area (Å²) < 4.78 is 1.96. The highest BCUT2D eigenvalue weighted by atomic mass is 16.2. The number of hydrogen-bond acceptors (Lipinski definition) is 5.